The molecule has 0 spiro atoms. The number of fused-ring (bicyclic) bond motifs is 1. The third kappa shape index (κ3) is 2.37. The Balaban J connectivity index is 2.18. The van der Waals surface area contributed by atoms with Crippen LogP contribution >= 0.6 is 22.9 Å². The quantitative estimate of drug-likeness (QED) is 0.694. The molecule has 3 aromatic rings. The molecule has 3 nitrogen and oxygen atoms in total. The van der Waals surface area contributed by atoms with Crippen molar-refractivity contribution in [3.8, 4) is 0 Å². The number of rotatable bonds is 3. The summed E-state index contributed by atoms with van der Waals surface area (Å²) in [7, 11) is 0. The summed E-state index contributed by atoms with van der Waals surface area (Å²) in [5.74, 6) is 0.839. The first kappa shape index (κ1) is 13.3. The Morgan fingerprint density at radius 2 is 2.05 bits per heavy atom. The molecule has 0 fully saturated rings. The van der Waals surface area contributed by atoms with E-state index in [4.69, 9.17) is 11.6 Å². The molecular weight excluding hydrogens is 292 g/mol. The van der Waals surface area contributed by atoms with Gasteiger partial charge in [0.05, 0.1) is 23.3 Å². The number of aromatic nitrogens is 2. The fourth-order valence-corrected chi connectivity index (χ4v) is 3.29. The molecule has 0 bridgehead atoms. The Morgan fingerprint density at radius 1 is 1.25 bits per heavy atom. The van der Waals surface area contributed by atoms with Crippen molar-refractivity contribution in [2.45, 2.75) is 19.3 Å². The molecule has 0 unspecified atom stereocenters. The molecule has 0 atom stereocenters. The lowest BCUT2D eigenvalue weighted by atomic mass is 10.2. The zero-order chi connectivity index (χ0) is 14.1. The van der Waals surface area contributed by atoms with Crippen molar-refractivity contribution >= 4 is 33.8 Å². The van der Waals surface area contributed by atoms with E-state index < -0.39 is 0 Å². The van der Waals surface area contributed by atoms with Crippen LogP contribution in [-0.4, -0.2) is 9.55 Å². The Bertz CT molecular complexity index is 822. The van der Waals surface area contributed by atoms with Gasteiger partial charge < -0.3 is 0 Å². The van der Waals surface area contributed by atoms with Gasteiger partial charge in [-0.1, -0.05) is 12.1 Å². The van der Waals surface area contributed by atoms with E-state index in [0.717, 1.165) is 4.88 Å². The number of thiophene rings is 1. The van der Waals surface area contributed by atoms with E-state index in [0.29, 0.717) is 23.3 Å². The first-order chi connectivity index (χ1) is 9.69. The van der Waals surface area contributed by atoms with Gasteiger partial charge in [-0.15, -0.1) is 22.9 Å². The van der Waals surface area contributed by atoms with Crippen molar-refractivity contribution in [2.75, 3.05) is 0 Å². The fraction of sp³-hybridized carbons (Fsp3) is 0.200. The second kappa shape index (κ2) is 5.38. The molecule has 0 aliphatic heterocycles. The highest BCUT2D eigenvalue weighted by atomic mass is 35.5. The molecule has 0 amide bonds. The van der Waals surface area contributed by atoms with Crippen LogP contribution in [0.25, 0.3) is 10.9 Å². The summed E-state index contributed by atoms with van der Waals surface area (Å²) in [6, 6.07) is 11.5. The van der Waals surface area contributed by atoms with Gasteiger partial charge in [0.25, 0.3) is 5.56 Å². The Hall–Kier alpha value is -1.65. The number of aryl methyl sites for hydroxylation is 1. The van der Waals surface area contributed by atoms with Gasteiger partial charge in [-0.25, -0.2) is 4.98 Å². The minimum atomic E-state index is -0.0303. The number of para-hydroxylation sites is 1. The topological polar surface area (TPSA) is 34.9 Å². The molecule has 5 heteroatoms. The number of alkyl halides is 1. The number of hydrogen-bond donors (Lipinski definition) is 0. The van der Waals surface area contributed by atoms with Crippen LogP contribution in [-0.2, 0) is 12.4 Å². The lowest BCUT2D eigenvalue weighted by molar-refractivity contribution is 0.714. The van der Waals surface area contributed by atoms with Crippen LogP contribution in [0.15, 0.2) is 41.2 Å². The zero-order valence-electron chi connectivity index (χ0n) is 11.0. The van der Waals surface area contributed by atoms with Crippen molar-refractivity contribution in [3.63, 3.8) is 0 Å². The smallest absolute Gasteiger partial charge is 0.261 e. The Morgan fingerprint density at radius 3 is 2.75 bits per heavy atom. The number of halogens is 1. The summed E-state index contributed by atoms with van der Waals surface area (Å²) < 4.78 is 1.67. The lowest BCUT2D eigenvalue weighted by Gasteiger charge is -2.10. The highest BCUT2D eigenvalue weighted by Gasteiger charge is 2.11. The highest BCUT2D eigenvalue weighted by molar-refractivity contribution is 7.11. The van der Waals surface area contributed by atoms with Crippen LogP contribution in [0.1, 0.15) is 15.6 Å². The van der Waals surface area contributed by atoms with Crippen LogP contribution < -0.4 is 5.56 Å². The van der Waals surface area contributed by atoms with E-state index in [2.05, 4.69) is 18.0 Å². The van der Waals surface area contributed by atoms with Gasteiger partial charge in [0.15, 0.2) is 0 Å². The average Bonchev–Trinajstić information content (AvgIpc) is 2.87. The SMILES string of the molecule is Cc1ccc(Cn2c(CCl)nc3ccccc3c2=O)s1. The molecule has 0 radical (unpaired) electrons. The summed E-state index contributed by atoms with van der Waals surface area (Å²) in [5.41, 5.74) is 0.670. The van der Waals surface area contributed by atoms with Crippen molar-refractivity contribution in [2.24, 2.45) is 0 Å². The van der Waals surface area contributed by atoms with Gasteiger partial charge >= 0.3 is 0 Å². The summed E-state index contributed by atoms with van der Waals surface area (Å²) in [6.45, 7) is 2.58. The van der Waals surface area contributed by atoms with E-state index >= 15 is 0 Å². The number of benzene rings is 1. The van der Waals surface area contributed by atoms with Crippen LogP contribution in [0.2, 0.25) is 0 Å². The predicted molar refractivity (Wildman–Crippen MR) is 83.7 cm³/mol. The molecule has 2 heterocycles. The first-order valence-electron chi connectivity index (χ1n) is 6.29. The van der Waals surface area contributed by atoms with Gasteiger partial charge in [0, 0.05) is 9.75 Å². The monoisotopic (exact) mass is 304 g/mol. The van der Waals surface area contributed by atoms with Crippen LogP contribution in [0.3, 0.4) is 0 Å². The normalized spacial score (nSPS) is 11.1. The van der Waals surface area contributed by atoms with Crippen LogP contribution in [0.5, 0.6) is 0 Å². The van der Waals surface area contributed by atoms with E-state index in [9.17, 15) is 4.79 Å². The standard InChI is InChI=1S/C15H13ClN2OS/c1-10-6-7-11(20-10)9-18-14(8-16)17-13-5-3-2-4-12(13)15(18)19/h2-7H,8-9H2,1H3. The molecule has 0 aliphatic rings. The van der Waals surface area contributed by atoms with E-state index in [1.807, 2.05) is 24.3 Å². The molecule has 0 aliphatic carbocycles. The van der Waals surface area contributed by atoms with Crippen molar-refractivity contribution < 1.29 is 0 Å². The van der Waals surface area contributed by atoms with E-state index in [-0.39, 0.29) is 11.4 Å². The highest BCUT2D eigenvalue weighted by Crippen LogP contribution is 2.17. The summed E-state index contributed by atoms with van der Waals surface area (Å²) in [6.07, 6.45) is 0. The molecule has 20 heavy (non-hydrogen) atoms. The average molecular weight is 305 g/mol. The van der Waals surface area contributed by atoms with Crippen LogP contribution in [0, 0.1) is 6.92 Å². The maximum atomic E-state index is 12.6. The first-order valence-corrected chi connectivity index (χ1v) is 7.64. The fourth-order valence-electron chi connectivity index (χ4n) is 2.21. The van der Waals surface area contributed by atoms with E-state index in [1.54, 1.807) is 22.0 Å². The predicted octanol–water partition coefficient (Wildman–Crippen LogP) is 3.55. The molecule has 102 valence electrons. The van der Waals surface area contributed by atoms with Gasteiger partial charge in [-0.05, 0) is 31.2 Å². The molecule has 0 N–H and O–H groups in total. The third-order valence-corrected chi connectivity index (χ3v) is 4.39. The maximum Gasteiger partial charge on any atom is 0.261 e. The molecule has 1 aromatic carbocycles. The van der Waals surface area contributed by atoms with Gasteiger partial charge in [-0.3, -0.25) is 9.36 Å². The van der Waals surface area contributed by atoms with Crippen molar-refractivity contribution in [1.29, 1.82) is 0 Å². The summed E-state index contributed by atoms with van der Waals surface area (Å²) in [4.78, 5) is 19.4. The molecule has 3 rings (SSSR count). The Kier molecular flexibility index (Phi) is 3.59. The van der Waals surface area contributed by atoms with Crippen molar-refractivity contribution in [3.05, 3.63) is 62.3 Å². The van der Waals surface area contributed by atoms with E-state index in [1.165, 1.54) is 4.88 Å². The zero-order valence-corrected chi connectivity index (χ0v) is 12.5. The largest absolute Gasteiger partial charge is 0.290 e. The second-order valence-electron chi connectivity index (χ2n) is 4.58. The lowest BCUT2D eigenvalue weighted by Crippen LogP contribution is -2.25. The molecule has 2 aromatic heterocycles. The third-order valence-electron chi connectivity index (χ3n) is 3.17. The summed E-state index contributed by atoms with van der Waals surface area (Å²) >= 11 is 7.64. The second-order valence-corrected chi connectivity index (χ2v) is 6.22. The van der Waals surface area contributed by atoms with Gasteiger partial charge in [-0.2, -0.15) is 0 Å². The molecule has 0 saturated carbocycles. The minimum absolute atomic E-state index is 0.0303. The number of nitrogens with zero attached hydrogens (tertiary/aromatic N) is 2. The summed E-state index contributed by atoms with van der Waals surface area (Å²) in [5, 5.41) is 0.634. The number of hydrogen-bond acceptors (Lipinski definition) is 3. The van der Waals surface area contributed by atoms with Gasteiger partial charge in [0.2, 0.25) is 0 Å². The van der Waals surface area contributed by atoms with Crippen molar-refractivity contribution in [1.82, 2.24) is 9.55 Å². The Labute approximate surface area is 125 Å². The molecule has 0 saturated heterocycles. The molecular formula is C15H13ClN2OS. The maximum absolute atomic E-state index is 12.6. The minimum Gasteiger partial charge on any atom is -0.290 e. The van der Waals surface area contributed by atoms with Gasteiger partial charge in [0.1, 0.15) is 5.82 Å². The van der Waals surface area contributed by atoms with Crippen LogP contribution in [0.4, 0.5) is 0 Å².